The molecule has 0 bridgehead atoms. The topological polar surface area (TPSA) is 29.3 Å². The van der Waals surface area contributed by atoms with Crippen LogP contribution in [0.15, 0.2) is 30.3 Å². The first-order chi connectivity index (χ1) is 6.20. The van der Waals surface area contributed by atoms with Gasteiger partial charge in [-0.15, -0.1) is 0 Å². The maximum Gasteiger partial charge on any atom is 0.0964 e. The lowest BCUT2D eigenvalue weighted by molar-refractivity contribution is 0.778. The molecule has 0 spiro atoms. The van der Waals surface area contributed by atoms with Crippen molar-refractivity contribution >= 4 is 11.3 Å². The first kappa shape index (κ1) is 8.32. The summed E-state index contributed by atoms with van der Waals surface area (Å²) < 4.78 is 0. The Hall–Kier alpha value is -1.28. The molecule has 1 aliphatic rings. The average Bonchev–Trinajstić information content (AvgIpc) is 2.15. The van der Waals surface area contributed by atoms with Crippen molar-refractivity contribution in [2.75, 3.05) is 11.9 Å². The third-order valence-corrected chi connectivity index (χ3v) is 2.58. The summed E-state index contributed by atoms with van der Waals surface area (Å²) in [5.74, 6) is 0. The van der Waals surface area contributed by atoms with Crippen molar-refractivity contribution in [3.63, 3.8) is 0 Å². The minimum atomic E-state index is 0.00917. The van der Waals surface area contributed by atoms with Gasteiger partial charge in [-0.3, -0.25) is 0 Å². The van der Waals surface area contributed by atoms with E-state index in [9.17, 15) is 0 Å². The Morgan fingerprint density at radius 2 is 2.00 bits per heavy atom. The molecule has 1 aromatic carbocycles. The van der Waals surface area contributed by atoms with Crippen LogP contribution in [0, 0.1) is 0 Å². The summed E-state index contributed by atoms with van der Waals surface area (Å²) in [7, 11) is 2.02. The summed E-state index contributed by atoms with van der Waals surface area (Å²) in [5, 5.41) is 0. The second kappa shape index (κ2) is 2.89. The molecule has 2 rings (SSSR count). The number of nitrogens with zero attached hydrogens (tertiary/aromatic N) is 1. The monoisotopic (exact) mass is 174 g/mol. The summed E-state index contributed by atoms with van der Waals surface area (Å²) in [5.41, 5.74) is 9.70. The van der Waals surface area contributed by atoms with Gasteiger partial charge in [0.05, 0.1) is 6.17 Å². The predicted molar refractivity (Wildman–Crippen MR) is 56.5 cm³/mol. The van der Waals surface area contributed by atoms with Crippen molar-refractivity contribution in [3.8, 4) is 0 Å². The van der Waals surface area contributed by atoms with Crippen molar-refractivity contribution in [1.82, 2.24) is 0 Å². The number of para-hydroxylation sites is 1. The number of benzene rings is 1. The molecule has 0 aliphatic carbocycles. The highest BCUT2D eigenvalue weighted by Gasteiger charge is 2.17. The fourth-order valence-corrected chi connectivity index (χ4v) is 1.73. The van der Waals surface area contributed by atoms with E-state index in [2.05, 4.69) is 36.1 Å². The number of allylic oxidation sites excluding steroid dienone is 1. The molecule has 0 aromatic heterocycles. The maximum atomic E-state index is 5.93. The second-order valence-electron chi connectivity index (χ2n) is 3.47. The van der Waals surface area contributed by atoms with Gasteiger partial charge in [0.25, 0.3) is 0 Å². The third-order valence-electron chi connectivity index (χ3n) is 2.58. The van der Waals surface area contributed by atoms with E-state index in [0.717, 1.165) is 0 Å². The molecule has 0 fully saturated rings. The summed E-state index contributed by atoms with van der Waals surface area (Å²) in [6.45, 7) is 2.10. The van der Waals surface area contributed by atoms with Crippen LogP contribution in [0.3, 0.4) is 0 Å². The third kappa shape index (κ3) is 1.23. The van der Waals surface area contributed by atoms with Crippen molar-refractivity contribution in [2.45, 2.75) is 13.1 Å². The van der Waals surface area contributed by atoms with Gasteiger partial charge in [0.2, 0.25) is 0 Å². The zero-order chi connectivity index (χ0) is 9.42. The van der Waals surface area contributed by atoms with Crippen LogP contribution in [0.4, 0.5) is 5.69 Å². The van der Waals surface area contributed by atoms with Crippen LogP contribution in [-0.4, -0.2) is 13.2 Å². The lowest BCUT2D eigenvalue weighted by Crippen LogP contribution is -2.40. The van der Waals surface area contributed by atoms with Gasteiger partial charge in [-0.1, -0.05) is 18.2 Å². The average molecular weight is 174 g/mol. The maximum absolute atomic E-state index is 5.93. The van der Waals surface area contributed by atoms with Crippen LogP contribution in [0.5, 0.6) is 0 Å². The Kier molecular flexibility index (Phi) is 1.85. The van der Waals surface area contributed by atoms with Crippen LogP contribution >= 0.6 is 0 Å². The summed E-state index contributed by atoms with van der Waals surface area (Å²) in [4.78, 5) is 2.09. The van der Waals surface area contributed by atoms with Crippen LogP contribution in [-0.2, 0) is 0 Å². The number of nitrogens with two attached hydrogens (primary N) is 1. The highest BCUT2D eigenvalue weighted by Crippen LogP contribution is 2.30. The Labute approximate surface area is 78.7 Å². The van der Waals surface area contributed by atoms with E-state index < -0.39 is 0 Å². The highest BCUT2D eigenvalue weighted by atomic mass is 15.2. The summed E-state index contributed by atoms with van der Waals surface area (Å²) in [6, 6.07) is 8.33. The van der Waals surface area contributed by atoms with Gasteiger partial charge in [0.1, 0.15) is 0 Å². The number of likely N-dealkylation sites (N-methyl/N-ethyl adjacent to an activating group) is 1. The van der Waals surface area contributed by atoms with Gasteiger partial charge in [-0.05, 0) is 24.6 Å². The van der Waals surface area contributed by atoms with E-state index in [1.807, 2.05) is 13.1 Å². The standard InChI is InChI=1S/C11H14N2/c1-8-7-11(12)13(2)10-6-4-3-5-9(8)10/h3-7,11H,12H2,1-2H3. The van der Waals surface area contributed by atoms with E-state index in [1.165, 1.54) is 16.8 Å². The molecule has 0 saturated carbocycles. The van der Waals surface area contributed by atoms with Crippen LogP contribution in [0.25, 0.3) is 5.57 Å². The summed E-state index contributed by atoms with van der Waals surface area (Å²) >= 11 is 0. The van der Waals surface area contributed by atoms with Crippen molar-refractivity contribution in [1.29, 1.82) is 0 Å². The normalized spacial score (nSPS) is 21.0. The van der Waals surface area contributed by atoms with Crippen molar-refractivity contribution in [2.24, 2.45) is 5.73 Å². The number of hydrogen-bond donors (Lipinski definition) is 1. The molecule has 0 amide bonds. The van der Waals surface area contributed by atoms with Gasteiger partial charge in [-0.2, -0.15) is 0 Å². The van der Waals surface area contributed by atoms with E-state index >= 15 is 0 Å². The second-order valence-corrected chi connectivity index (χ2v) is 3.47. The summed E-state index contributed by atoms with van der Waals surface area (Å²) in [6.07, 6.45) is 2.09. The first-order valence-corrected chi connectivity index (χ1v) is 4.46. The molecule has 1 aliphatic heterocycles. The zero-order valence-electron chi connectivity index (χ0n) is 7.99. The number of rotatable bonds is 0. The fourth-order valence-electron chi connectivity index (χ4n) is 1.73. The molecule has 1 heterocycles. The minimum Gasteiger partial charge on any atom is -0.355 e. The number of hydrogen-bond acceptors (Lipinski definition) is 2. The molecule has 1 atom stereocenters. The molecule has 2 N–H and O–H groups in total. The first-order valence-electron chi connectivity index (χ1n) is 4.46. The van der Waals surface area contributed by atoms with E-state index in [4.69, 9.17) is 5.73 Å². The largest absolute Gasteiger partial charge is 0.355 e. The smallest absolute Gasteiger partial charge is 0.0964 e. The number of fused-ring (bicyclic) bond motifs is 1. The van der Waals surface area contributed by atoms with Gasteiger partial charge in [-0.25, -0.2) is 0 Å². The van der Waals surface area contributed by atoms with Crippen LogP contribution in [0.2, 0.25) is 0 Å². The quantitative estimate of drug-likeness (QED) is 0.650. The van der Waals surface area contributed by atoms with Gasteiger partial charge < -0.3 is 10.6 Å². The molecule has 0 radical (unpaired) electrons. The molecular formula is C11H14N2. The molecule has 2 nitrogen and oxygen atoms in total. The van der Waals surface area contributed by atoms with Gasteiger partial charge in [0.15, 0.2) is 0 Å². The molecular weight excluding hydrogens is 160 g/mol. The molecule has 68 valence electrons. The molecule has 1 aromatic rings. The Bertz CT molecular complexity index is 355. The van der Waals surface area contributed by atoms with E-state index in [1.54, 1.807) is 0 Å². The molecule has 1 unspecified atom stereocenters. The fraction of sp³-hybridized carbons (Fsp3) is 0.273. The Morgan fingerprint density at radius 3 is 2.77 bits per heavy atom. The Morgan fingerprint density at radius 1 is 1.31 bits per heavy atom. The van der Waals surface area contributed by atoms with Crippen LogP contribution in [0.1, 0.15) is 12.5 Å². The van der Waals surface area contributed by atoms with Crippen molar-refractivity contribution < 1.29 is 0 Å². The molecule has 0 saturated heterocycles. The van der Waals surface area contributed by atoms with Crippen molar-refractivity contribution in [3.05, 3.63) is 35.9 Å². The zero-order valence-corrected chi connectivity index (χ0v) is 7.99. The highest BCUT2D eigenvalue weighted by molar-refractivity contribution is 5.79. The lowest BCUT2D eigenvalue weighted by atomic mass is 10.00. The van der Waals surface area contributed by atoms with E-state index in [0.29, 0.717) is 0 Å². The molecule has 13 heavy (non-hydrogen) atoms. The van der Waals surface area contributed by atoms with Crippen LogP contribution < -0.4 is 10.6 Å². The van der Waals surface area contributed by atoms with E-state index in [-0.39, 0.29) is 6.17 Å². The van der Waals surface area contributed by atoms with Gasteiger partial charge in [0, 0.05) is 18.3 Å². The Balaban J connectivity index is 2.58. The SMILES string of the molecule is CC1=CC(N)N(C)c2ccccc21. The molecule has 2 heteroatoms. The lowest BCUT2D eigenvalue weighted by Gasteiger charge is -2.31. The number of anilines is 1. The predicted octanol–water partition coefficient (Wildman–Crippen LogP) is 1.82. The minimum absolute atomic E-state index is 0.00917. The van der Waals surface area contributed by atoms with Gasteiger partial charge >= 0.3 is 0 Å².